The standard InChI is InChI=1S/C13H20N2O2/c1-11-3-4-13(17-10-16-2)12(9-11)15-7-5-14-6-8-15/h3-4,9,14H,5-8,10H2,1-2H3. The van der Waals surface area contributed by atoms with Crippen molar-refractivity contribution >= 4 is 5.69 Å². The average molecular weight is 236 g/mol. The average Bonchev–Trinajstić information content (AvgIpc) is 2.38. The molecule has 1 fully saturated rings. The maximum Gasteiger partial charge on any atom is 0.188 e. The molecule has 1 aliphatic rings. The number of aryl methyl sites for hydroxylation is 1. The van der Waals surface area contributed by atoms with E-state index < -0.39 is 0 Å². The first-order valence-corrected chi connectivity index (χ1v) is 5.99. The summed E-state index contributed by atoms with van der Waals surface area (Å²) in [7, 11) is 1.64. The van der Waals surface area contributed by atoms with E-state index in [1.54, 1.807) is 7.11 Å². The SMILES string of the molecule is COCOc1ccc(C)cc1N1CCNCC1. The van der Waals surface area contributed by atoms with Gasteiger partial charge in [-0.1, -0.05) is 6.07 Å². The number of nitrogens with one attached hydrogen (secondary N) is 1. The van der Waals surface area contributed by atoms with Gasteiger partial charge < -0.3 is 19.7 Å². The minimum Gasteiger partial charge on any atom is -0.465 e. The molecule has 2 rings (SSSR count). The van der Waals surface area contributed by atoms with Gasteiger partial charge in [-0.3, -0.25) is 0 Å². The molecule has 0 unspecified atom stereocenters. The fraction of sp³-hybridized carbons (Fsp3) is 0.538. The molecule has 17 heavy (non-hydrogen) atoms. The largest absolute Gasteiger partial charge is 0.465 e. The number of benzene rings is 1. The molecule has 1 N–H and O–H groups in total. The van der Waals surface area contributed by atoms with Crippen LogP contribution < -0.4 is 15.0 Å². The normalized spacial score (nSPS) is 16.0. The van der Waals surface area contributed by atoms with Crippen LogP contribution in [0, 0.1) is 6.92 Å². The molecule has 0 aromatic heterocycles. The smallest absolute Gasteiger partial charge is 0.188 e. The Labute approximate surface area is 103 Å². The number of anilines is 1. The quantitative estimate of drug-likeness (QED) is 0.801. The number of methoxy groups -OCH3 is 1. The van der Waals surface area contributed by atoms with Gasteiger partial charge >= 0.3 is 0 Å². The molecule has 0 radical (unpaired) electrons. The third kappa shape index (κ3) is 3.11. The molecule has 1 saturated heterocycles. The molecular formula is C13H20N2O2. The Hall–Kier alpha value is -1.26. The van der Waals surface area contributed by atoms with E-state index in [-0.39, 0.29) is 0 Å². The number of rotatable bonds is 4. The zero-order valence-electron chi connectivity index (χ0n) is 10.5. The zero-order valence-corrected chi connectivity index (χ0v) is 10.5. The summed E-state index contributed by atoms with van der Waals surface area (Å²) in [4.78, 5) is 2.36. The lowest BCUT2D eigenvalue weighted by atomic mass is 10.1. The highest BCUT2D eigenvalue weighted by Crippen LogP contribution is 2.29. The van der Waals surface area contributed by atoms with Gasteiger partial charge in [0.25, 0.3) is 0 Å². The van der Waals surface area contributed by atoms with E-state index in [0.717, 1.165) is 31.9 Å². The summed E-state index contributed by atoms with van der Waals surface area (Å²) in [5.74, 6) is 0.902. The van der Waals surface area contributed by atoms with Crippen molar-refractivity contribution in [1.82, 2.24) is 5.32 Å². The number of hydrogen-bond acceptors (Lipinski definition) is 4. The van der Waals surface area contributed by atoms with E-state index >= 15 is 0 Å². The van der Waals surface area contributed by atoms with Gasteiger partial charge in [0.1, 0.15) is 5.75 Å². The lowest BCUT2D eigenvalue weighted by molar-refractivity contribution is 0.0514. The van der Waals surface area contributed by atoms with Crippen LogP contribution in [0.5, 0.6) is 5.75 Å². The molecule has 0 bridgehead atoms. The Morgan fingerprint density at radius 3 is 2.76 bits per heavy atom. The van der Waals surface area contributed by atoms with Crippen LogP contribution in [0.25, 0.3) is 0 Å². The van der Waals surface area contributed by atoms with Crippen molar-refractivity contribution in [3.63, 3.8) is 0 Å². The van der Waals surface area contributed by atoms with Gasteiger partial charge in [0, 0.05) is 33.3 Å². The fourth-order valence-corrected chi connectivity index (χ4v) is 2.02. The molecule has 0 amide bonds. The summed E-state index contributed by atoms with van der Waals surface area (Å²) in [5, 5.41) is 3.35. The number of hydrogen-bond donors (Lipinski definition) is 1. The second kappa shape index (κ2) is 5.89. The number of nitrogens with zero attached hydrogens (tertiary/aromatic N) is 1. The van der Waals surface area contributed by atoms with Gasteiger partial charge in [-0.05, 0) is 24.6 Å². The molecule has 0 aliphatic carbocycles. The fourth-order valence-electron chi connectivity index (χ4n) is 2.02. The topological polar surface area (TPSA) is 33.7 Å². The van der Waals surface area contributed by atoms with Crippen molar-refractivity contribution in [2.75, 3.05) is 45.0 Å². The van der Waals surface area contributed by atoms with Crippen LogP contribution in [0.15, 0.2) is 18.2 Å². The highest BCUT2D eigenvalue weighted by molar-refractivity contribution is 5.60. The molecule has 0 saturated carbocycles. The Bertz CT molecular complexity index is 362. The Balaban J connectivity index is 2.19. The van der Waals surface area contributed by atoms with E-state index in [0.29, 0.717) is 6.79 Å². The third-order valence-electron chi connectivity index (χ3n) is 2.90. The molecule has 1 aromatic carbocycles. The maximum absolute atomic E-state index is 5.61. The zero-order chi connectivity index (χ0) is 12.1. The number of ether oxygens (including phenoxy) is 2. The summed E-state index contributed by atoms with van der Waals surface area (Å²) >= 11 is 0. The van der Waals surface area contributed by atoms with Crippen molar-refractivity contribution < 1.29 is 9.47 Å². The van der Waals surface area contributed by atoms with Crippen LogP contribution in [0.4, 0.5) is 5.69 Å². The second-order valence-corrected chi connectivity index (χ2v) is 4.26. The molecule has 94 valence electrons. The Morgan fingerprint density at radius 2 is 2.06 bits per heavy atom. The maximum atomic E-state index is 5.61. The van der Waals surface area contributed by atoms with E-state index in [4.69, 9.17) is 9.47 Å². The van der Waals surface area contributed by atoms with Crippen molar-refractivity contribution in [1.29, 1.82) is 0 Å². The first kappa shape index (κ1) is 12.2. The monoisotopic (exact) mass is 236 g/mol. The predicted octanol–water partition coefficient (Wildman–Crippen LogP) is 1.39. The summed E-state index contributed by atoms with van der Waals surface area (Å²) in [6.45, 7) is 6.49. The van der Waals surface area contributed by atoms with Crippen molar-refractivity contribution in [3.05, 3.63) is 23.8 Å². The van der Waals surface area contributed by atoms with Gasteiger partial charge in [-0.25, -0.2) is 0 Å². The van der Waals surface area contributed by atoms with Crippen LogP contribution in [-0.4, -0.2) is 40.1 Å². The Morgan fingerprint density at radius 1 is 1.29 bits per heavy atom. The number of piperazine rings is 1. The van der Waals surface area contributed by atoms with Crippen LogP contribution in [0.2, 0.25) is 0 Å². The van der Waals surface area contributed by atoms with E-state index in [1.807, 2.05) is 6.07 Å². The van der Waals surface area contributed by atoms with Crippen molar-refractivity contribution in [2.45, 2.75) is 6.92 Å². The molecule has 1 aliphatic heterocycles. The summed E-state index contributed by atoms with van der Waals surface area (Å²) in [5.41, 5.74) is 2.42. The molecule has 1 aromatic rings. The molecule has 0 spiro atoms. The third-order valence-corrected chi connectivity index (χ3v) is 2.90. The molecule has 1 heterocycles. The van der Waals surface area contributed by atoms with Gasteiger partial charge in [-0.2, -0.15) is 0 Å². The first-order valence-electron chi connectivity index (χ1n) is 5.99. The summed E-state index contributed by atoms with van der Waals surface area (Å²) in [6, 6.07) is 6.26. The lowest BCUT2D eigenvalue weighted by Gasteiger charge is -2.31. The lowest BCUT2D eigenvalue weighted by Crippen LogP contribution is -2.43. The second-order valence-electron chi connectivity index (χ2n) is 4.26. The van der Waals surface area contributed by atoms with Crippen molar-refractivity contribution in [3.8, 4) is 5.75 Å². The first-order chi connectivity index (χ1) is 8.31. The summed E-state index contributed by atoms with van der Waals surface area (Å²) in [6.07, 6.45) is 0. The minimum absolute atomic E-state index is 0.294. The molecule has 4 heteroatoms. The van der Waals surface area contributed by atoms with Crippen LogP contribution in [0.3, 0.4) is 0 Å². The van der Waals surface area contributed by atoms with E-state index in [9.17, 15) is 0 Å². The van der Waals surface area contributed by atoms with Gasteiger partial charge in [0.2, 0.25) is 0 Å². The predicted molar refractivity (Wildman–Crippen MR) is 68.8 cm³/mol. The van der Waals surface area contributed by atoms with Gasteiger partial charge in [0.15, 0.2) is 6.79 Å². The van der Waals surface area contributed by atoms with Crippen molar-refractivity contribution in [2.24, 2.45) is 0 Å². The Kier molecular flexibility index (Phi) is 4.23. The molecular weight excluding hydrogens is 216 g/mol. The van der Waals surface area contributed by atoms with Gasteiger partial charge in [0.05, 0.1) is 5.69 Å². The molecule has 4 nitrogen and oxygen atoms in total. The summed E-state index contributed by atoms with van der Waals surface area (Å²) < 4.78 is 10.6. The minimum atomic E-state index is 0.294. The van der Waals surface area contributed by atoms with Crippen LogP contribution >= 0.6 is 0 Å². The van der Waals surface area contributed by atoms with Gasteiger partial charge in [-0.15, -0.1) is 0 Å². The highest BCUT2D eigenvalue weighted by Gasteiger charge is 2.15. The van der Waals surface area contributed by atoms with Crippen LogP contribution in [0.1, 0.15) is 5.56 Å². The van der Waals surface area contributed by atoms with E-state index in [2.05, 4.69) is 29.3 Å². The van der Waals surface area contributed by atoms with E-state index in [1.165, 1.54) is 11.3 Å². The highest BCUT2D eigenvalue weighted by atomic mass is 16.7. The van der Waals surface area contributed by atoms with Crippen LogP contribution in [-0.2, 0) is 4.74 Å². The molecule has 0 atom stereocenters.